The predicted molar refractivity (Wildman–Crippen MR) is 83.7 cm³/mol. The zero-order valence-corrected chi connectivity index (χ0v) is 13.9. The Morgan fingerprint density at radius 1 is 1.24 bits per heavy atom. The third kappa shape index (κ3) is 3.78. The molecule has 0 aromatic carbocycles. The molecular formula is C17H30N2O2. The Bertz CT molecular complexity index is 390. The Balaban J connectivity index is 2.08. The Morgan fingerprint density at radius 3 is 2.43 bits per heavy atom. The maximum atomic E-state index is 12.8. The number of hydrogen-bond donors (Lipinski definition) is 1. The summed E-state index contributed by atoms with van der Waals surface area (Å²) in [6.07, 6.45) is 5.18. The van der Waals surface area contributed by atoms with Gasteiger partial charge < -0.3 is 10.2 Å². The molecule has 4 nitrogen and oxygen atoms in total. The molecule has 21 heavy (non-hydrogen) atoms. The summed E-state index contributed by atoms with van der Waals surface area (Å²) in [5.74, 6) is 1.46. The van der Waals surface area contributed by atoms with Gasteiger partial charge in [0.25, 0.3) is 0 Å². The lowest BCUT2D eigenvalue weighted by Gasteiger charge is -2.41. The van der Waals surface area contributed by atoms with E-state index in [0.29, 0.717) is 11.8 Å². The molecule has 1 saturated carbocycles. The molecule has 1 aliphatic heterocycles. The van der Waals surface area contributed by atoms with Gasteiger partial charge >= 0.3 is 0 Å². The lowest BCUT2D eigenvalue weighted by Crippen LogP contribution is -2.65. The molecule has 0 spiro atoms. The van der Waals surface area contributed by atoms with Crippen molar-refractivity contribution in [2.45, 2.75) is 71.9 Å². The largest absolute Gasteiger partial charge is 0.342 e. The molecule has 0 bridgehead atoms. The first kappa shape index (κ1) is 16.3. The summed E-state index contributed by atoms with van der Waals surface area (Å²) < 4.78 is 0. The van der Waals surface area contributed by atoms with E-state index in [2.05, 4.69) is 26.1 Å². The number of piperazine rings is 1. The van der Waals surface area contributed by atoms with Crippen molar-refractivity contribution >= 4 is 11.8 Å². The molecule has 3 atom stereocenters. The van der Waals surface area contributed by atoms with Crippen molar-refractivity contribution in [3.05, 3.63) is 0 Å². The number of nitrogens with zero attached hydrogens (tertiary/aromatic N) is 1. The second-order valence-corrected chi connectivity index (χ2v) is 7.22. The van der Waals surface area contributed by atoms with Crippen LogP contribution < -0.4 is 5.32 Å². The number of hydrogen-bond acceptors (Lipinski definition) is 2. The zero-order valence-electron chi connectivity index (χ0n) is 13.9. The van der Waals surface area contributed by atoms with E-state index >= 15 is 0 Å². The first-order chi connectivity index (χ1) is 9.95. The molecule has 1 aliphatic carbocycles. The van der Waals surface area contributed by atoms with Crippen LogP contribution >= 0.6 is 0 Å². The maximum Gasteiger partial charge on any atom is 0.246 e. The van der Waals surface area contributed by atoms with Crippen molar-refractivity contribution in [1.82, 2.24) is 10.2 Å². The van der Waals surface area contributed by atoms with Gasteiger partial charge in [-0.25, -0.2) is 0 Å². The molecule has 1 saturated heterocycles. The molecule has 2 fully saturated rings. The van der Waals surface area contributed by atoms with Crippen LogP contribution in [0.4, 0.5) is 0 Å². The summed E-state index contributed by atoms with van der Waals surface area (Å²) in [6.45, 7) is 9.25. The van der Waals surface area contributed by atoms with E-state index in [1.165, 1.54) is 0 Å². The van der Waals surface area contributed by atoms with Crippen LogP contribution in [0.15, 0.2) is 0 Å². The minimum absolute atomic E-state index is 0.0759. The second kappa shape index (κ2) is 6.80. The van der Waals surface area contributed by atoms with Gasteiger partial charge in [-0.3, -0.25) is 9.59 Å². The van der Waals surface area contributed by atoms with E-state index in [1.807, 2.05) is 11.8 Å². The van der Waals surface area contributed by atoms with Crippen LogP contribution in [-0.4, -0.2) is 35.3 Å². The van der Waals surface area contributed by atoms with Crippen molar-refractivity contribution in [3.8, 4) is 0 Å². The van der Waals surface area contributed by atoms with Crippen LogP contribution in [0.1, 0.15) is 59.8 Å². The van der Waals surface area contributed by atoms with Gasteiger partial charge in [0.1, 0.15) is 12.1 Å². The van der Waals surface area contributed by atoms with Gasteiger partial charge in [0.2, 0.25) is 11.8 Å². The monoisotopic (exact) mass is 294 g/mol. The zero-order chi connectivity index (χ0) is 15.6. The van der Waals surface area contributed by atoms with Crippen LogP contribution in [0.3, 0.4) is 0 Å². The maximum absolute atomic E-state index is 12.8. The van der Waals surface area contributed by atoms with E-state index in [-0.39, 0.29) is 29.8 Å². The van der Waals surface area contributed by atoms with Crippen LogP contribution in [0.25, 0.3) is 0 Å². The molecular weight excluding hydrogens is 264 g/mol. The molecule has 4 heteroatoms. The van der Waals surface area contributed by atoms with E-state index in [1.54, 1.807) is 0 Å². The smallest absolute Gasteiger partial charge is 0.246 e. The highest BCUT2D eigenvalue weighted by Gasteiger charge is 2.48. The number of nitrogens with one attached hydrogen (secondary N) is 1. The van der Waals surface area contributed by atoms with Crippen molar-refractivity contribution < 1.29 is 9.59 Å². The standard InChI is InChI=1S/C17H30N2O2/c1-5-12(4)14-17(21)19(10-6-7-11(2)3)15(13-8-9-13)16(20)18-14/h11-15H,5-10H2,1-4H3,(H,18,20). The van der Waals surface area contributed by atoms with Crippen LogP contribution in [0.5, 0.6) is 0 Å². The van der Waals surface area contributed by atoms with Gasteiger partial charge in [0, 0.05) is 6.54 Å². The van der Waals surface area contributed by atoms with E-state index in [0.717, 1.165) is 38.6 Å². The fourth-order valence-electron chi connectivity index (χ4n) is 3.18. The van der Waals surface area contributed by atoms with E-state index in [4.69, 9.17) is 0 Å². The Labute approximate surface area is 128 Å². The SMILES string of the molecule is CCC(C)C1NC(=O)C(C2CC2)N(CCCC(C)C)C1=O. The highest BCUT2D eigenvalue weighted by molar-refractivity contribution is 5.97. The lowest BCUT2D eigenvalue weighted by molar-refractivity contribution is -0.151. The molecule has 0 radical (unpaired) electrons. The van der Waals surface area contributed by atoms with Crippen molar-refractivity contribution in [2.24, 2.45) is 17.8 Å². The topological polar surface area (TPSA) is 49.4 Å². The van der Waals surface area contributed by atoms with Gasteiger partial charge in [-0.05, 0) is 43.4 Å². The van der Waals surface area contributed by atoms with Crippen LogP contribution in [-0.2, 0) is 9.59 Å². The van der Waals surface area contributed by atoms with Crippen molar-refractivity contribution in [2.75, 3.05) is 6.54 Å². The number of amides is 2. The molecule has 1 heterocycles. The molecule has 0 aromatic heterocycles. The minimum Gasteiger partial charge on any atom is -0.342 e. The summed E-state index contributed by atoms with van der Waals surface area (Å²) in [5, 5.41) is 2.99. The first-order valence-corrected chi connectivity index (χ1v) is 8.56. The normalized spacial score (nSPS) is 28.0. The molecule has 2 rings (SSSR count). The average molecular weight is 294 g/mol. The highest BCUT2D eigenvalue weighted by atomic mass is 16.2. The fourth-order valence-corrected chi connectivity index (χ4v) is 3.18. The number of carbonyl (C=O) groups is 2. The van der Waals surface area contributed by atoms with Gasteiger partial charge in [-0.15, -0.1) is 0 Å². The minimum atomic E-state index is -0.323. The molecule has 2 amide bonds. The van der Waals surface area contributed by atoms with Gasteiger partial charge in [-0.2, -0.15) is 0 Å². The summed E-state index contributed by atoms with van der Waals surface area (Å²) in [6, 6.07) is -0.526. The number of rotatable bonds is 7. The predicted octanol–water partition coefficient (Wildman–Crippen LogP) is 2.57. The summed E-state index contributed by atoms with van der Waals surface area (Å²) in [7, 11) is 0. The van der Waals surface area contributed by atoms with Crippen molar-refractivity contribution in [1.29, 1.82) is 0 Å². The average Bonchev–Trinajstić information content (AvgIpc) is 3.25. The molecule has 120 valence electrons. The lowest BCUT2D eigenvalue weighted by atomic mass is 9.92. The van der Waals surface area contributed by atoms with Crippen LogP contribution in [0, 0.1) is 17.8 Å². The Hall–Kier alpha value is -1.06. The molecule has 1 N–H and O–H groups in total. The summed E-state index contributed by atoms with van der Waals surface area (Å²) in [4.78, 5) is 27.2. The Morgan fingerprint density at radius 2 is 1.90 bits per heavy atom. The summed E-state index contributed by atoms with van der Waals surface area (Å²) >= 11 is 0. The van der Waals surface area contributed by atoms with Gasteiger partial charge in [0.15, 0.2) is 0 Å². The van der Waals surface area contributed by atoms with E-state index < -0.39 is 0 Å². The van der Waals surface area contributed by atoms with Crippen LogP contribution in [0.2, 0.25) is 0 Å². The third-order valence-corrected chi connectivity index (χ3v) is 4.91. The van der Waals surface area contributed by atoms with Gasteiger partial charge in [-0.1, -0.05) is 34.1 Å². The molecule has 2 aliphatic rings. The third-order valence-electron chi connectivity index (χ3n) is 4.91. The fraction of sp³-hybridized carbons (Fsp3) is 0.882. The van der Waals surface area contributed by atoms with Crippen molar-refractivity contribution in [3.63, 3.8) is 0 Å². The quantitative estimate of drug-likeness (QED) is 0.784. The highest BCUT2D eigenvalue weighted by Crippen LogP contribution is 2.37. The number of carbonyl (C=O) groups excluding carboxylic acids is 2. The first-order valence-electron chi connectivity index (χ1n) is 8.56. The molecule has 0 aromatic rings. The summed E-state index contributed by atoms with van der Waals surface area (Å²) in [5.41, 5.74) is 0. The van der Waals surface area contributed by atoms with Gasteiger partial charge in [0.05, 0.1) is 0 Å². The Kier molecular flexibility index (Phi) is 5.28. The molecule has 3 unspecified atom stereocenters. The van der Waals surface area contributed by atoms with E-state index in [9.17, 15) is 9.59 Å². The second-order valence-electron chi connectivity index (χ2n) is 7.22.